The molecule has 2 atom stereocenters. The predicted octanol–water partition coefficient (Wildman–Crippen LogP) is 2.48. The Labute approximate surface area is 137 Å². The summed E-state index contributed by atoms with van der Waals surface area (Å²) < 4.78 is 5.77. The zero-order chi connectivity index (χ0) is 16.3. The van der Waals surface area contributed by atoms with E-state index >= 15 is 0 Å². The van der Waals surface area contributed by atoms with Crippen LogP contribution in [-0.2, 0) is 9.53 Å². The lowest BCUT2D eigenvalue weighted by Gasteiger charge is -2.56. The molecule has 124 valence electrons. The quantitative estimate of drug-likeness (QED) is 0.869. The van der Waals surface area contributed by atoms with E-state index in [1.807, 2.05) is 48.2 Å². The Balaban J connectivity index is 1.56. The van der Waals surface area contributed by atoms with Crippen molar-refractivity contribution in [1.82, 2.24) is 4.90 Å². The Hall–Kier alpha value is -1.65. The summed E-state index contributed by atoms with van der Waals surface area (Å²) in [5.74, 6) is 0.0467. The summed E-state index contributed by atoms with van der Waals surface area (Å²) in [5.41, 5.74) is 0.899. The molecule has 2 unspecified atom stereocenters. The first-order valence-corrected chi connectivity index (χ1v) is 8.47. The van der Waals surface area contributed by atoms with Crippen molar-refractivity contribution in [3.63, 3.8) is 0 Å². The van der Waals surface area contributed by atoms with Crippen LogP contribution < -0.4 is 0 Å². The maximum absolute atomic E-state index is 12.3. The molecule has 4 nitrogen and oxygen atoms in total. The van der Waals surface area contributed by atoms with Gasteiger partial charge in [-0.25, -0.2) is 0 Å². The third-order valence-electron chi connectivity index (χ3n) is 5.33. The molecule has 1 aromatic rings. The number of piperidine rings is 1. The summed E-state index contributed by atoms with van der Waals surface area (Å²) >= 11 is 0. The monoisotopic (exact) mass is 315 g/mol. The predicted molar refractivity (Wildman–Crippen MR) is 89.8 cm³/mol. The van der Waals surface area contributed by atoms with Crippen LogP contribution in [0.15, 0.2) is 36.4 Å². The second kappa shape index (κ2) is 6.85. The molecule has 1 heterocycles. The molecule has 2 aliphatic rings. The third-order valence-corrected chi connectivity index (χ3v) is 5.33. The fourth-order valence-electron chi connectivity index (χ4n) is 3.80. The Kier molecular flexibility index (Phi) is 4.83. The second-order valence-electron chi connectivity index (χ2n) is 6.50. The average molecular weight is 315 g/mol. The Bertz CT molecular complexity index is 559. The lowest BCUT2D eigenvalue weighted by Crippen LogP contribution is -2.62. The number of nitrogens with zero attached hydrogens (tertiary/aromatic N) is 1. The Morgan fingerprint density at radius 3 is 2.65 bits per heavy atom. The van der Waals surface area contributed by atoms with Crippen LogP contribution in [0.5, 0.6) is 0 Å². The van der Waals surface area contributed by atoms with Gasteiger partial charge in [0.25, 0.3) is 0 Å². The highest BCUT2D eigenvalue weighted by Gasteiger charge is 2.56. The molecular weight excluding hydrogens is 290 g/mol. The minimum Gasteiger partial charge on any atom is -0.392 e. The van der Waals surface area contributed by atoms with E-state index in [4.69, 9.17) is 4.74 Å². The van der Waals surface area contributed by atoms with E-state index < -0.39 is 0 Å². The summed E-state index contributed by atoms with van der Waals surface area (Å²) in [7, 11) is 0. The fraction of sp³-hybridized carbons (Fsp3) is 0.526. The van der Waals surface area contributed by atoms with Crippen LogP contribution in [0.3, 0.4) is 0 Å². The summed E-state index contributed by atoms with van der Waals surface area (Å²) in [6, 6.07) is 9.84. The van der Waals surface area contributed by atoms with Gasteiger partial charge in [-0.15, -0.1) is 0 Å². The van der Waals surface area contributed by atoms with Crippen molar-refractivity contribution in [2.75, 3.05) is 19.7 Å². The maximum Gasteiger partial charge on any atom is 0.246 e. The molecule has 1 aliphatic heterocycles. The zero-order valence-electron chi connectivity index (χ0n) is 13.6. The molecule has 0 aromatic heterocycles. The number of likely N-dealkylation sites (tertiary alicyclic amines) is 1. The number of hydrogen-bond acceptors (Lipinski definition) is 3. The molecule has 23 heavy (non-hydrogen) atoms. The number of amides is 1. The number of aliphatic hydroxyl groups is 1. The van der Waals surface area contributed by atoms with Crippen molar-refractivity contribution < 1.29 is 14.6 Å². The Morgan fingerprint density at radius 2 is 2.04 bits per heavy atom. The third kappa shape index (κ3) is 3.19. The molecule has 1 spiro atoms. The molecule has 1 aromatic carbocycles. The number of carbonyl (C=O) groups is 1. The zero-order valence-corrected chi connectivity index (χ0v) is 13.6. The molecule has 2 fully saturated rings. The van der Waals surface area contributed by atoms with Crippen molar-refractivity contribution in [2.24, 2.45) is 5.41 Å². The number of rotatable bonds is 4. The van der Waals surface area contributed by atoms with Gasteiger partial charge in [-0.05, 0) is 31.4 Å². The Morgan fingerprint density at radius 1 is 1.35 bits per heavy atom. The smallest absolute Gasteiger partial charge is 0.246 e. The molecule has 0 bridgehead atoms. The van der Waals surface area contributed by atoms with Crippen LogP contribution in [0.1, 0.15) is 31.7 Å². The van der Waals surface area contributed by atoms with Crippen LogP contribution in [0, 0.1) is 5.41 Å². The van der Waals surface area contributed by atoms with Crippen LogP contribution >= 0.6 is 0 Å². The summed E-state index contributed by atoms with van der Waals surface area (Å²) in [6.07, 6.45) is 5.75. The van der Waals surface area contributed by atoms with E-state index in [1.165, 1.54) is 0 Å². The van der Waals surface area contributed by atoms with Crippen molar-refractivity contribution in [1.29, 1.82) is 0 Å². The van der Waals surface area contributed by atoms with Crippen LogP contribution in [0.2, 0.25) is 0 Å². The van der Waals surface area contributed by atoms with E-state index in [-0.39, 0.29) is 23.5 Å². The minimum absolute atomic E-state index is 0.0467. The fourth-order valence-corrected chi connectivity index (χ4v) is 3.80. The maximum atomic E-state index is 12.3. The van der Waals surface area contributed by atoms with Gasteiger partial charge in [-0.2, -0.15) is 0 Å². The summed E-state index contributed by atoms with van der Waals surface area (Å²) in [5, 5.41) is 10.2. The molecule has 1 saturated carbocycles. The van der Waals surface area contributed by atoms with E-state index in [1.54, 1.807) is 6.08 Å². The van der Waals surface area contributed by atoms with Gasteiger partial charge in [0.1, 0.15) is 0 Å². The van der Waals surface area contributed by atoms with Crippen molar-refractivity contribution in [3.05, 3.63) is 42.0 Å². The van der Waals surface area contributed by atoms with Crippen molar-refractivity contribution >= 4 is 12.0 Å². The van der Waals surface area contributed by atoms with Gasteiger partial charge in [-0.3, -0.25) is 4.79 Å². The van der Waals surface area contributed by atoms with Crippen LogP contribution in [-0.4, -0.2) is 47.8 Å². The van der Waals surface area contributed by atoms with Crippen molar-refractivity contribution in [2.45, 2.75) is 38.4 Å². The molecule has 3 rings (SSSR count). The van der Waals surface area contributed by atoms with Gasteiger partial charge in [0.05, 0.1) is 12.2 Å². The molecular formula is C19H25NO3. The van der Waals surface area contributed by atoms with Crippen LogP contribution in [0.25, 0.3) is 6.08 Å². The molecule has 1 aliphatic carbocycles. The molecule has 1 N–H and O–H groups in total. The van der Waals surface area contributed by atoms with Crippen LogP contribution in [0.4, 0.5) is 0 Å². The minimum atomic E-state index is -0.281. The first-order valence-electron chi connectivity index (χ1n) is 8.47. The van der Waals surface area contributed by atoms with Gasteiger partial charge in [0, 0.05) is 37.6 Å². The highest BCUT2D eigenvalue weighted by atomic mass is 16.5. The van der Waals surface area contributed by atoms with E-state index in [0.29, 0.717) is 19.7 Å². The molecule has 4 heteroatoms. The number of ether oxygens (including phenoxy) is 1. The standard InChI is InChI=1S/C19H25NO3/c1-2-23-17-14-16(21)19(17)10-12-20(13-11-19)18(22)9-8-15-6-4-3-5-7-15/h3-9,16-17,21H,2,10-14H2,1H3/b9-8+. The first kappa shape index (κ1) is 16.2. The normalized spacial score (nSPS) is 26.4. The average Bonchev–Trinajstić information content (AvgIpc) is 2.60. The van der Waals surface area contributed by atoms with Gasteiger partial charge in [0.2, 0.25) is 5.91 Å². The van der Waals surface area contributed by atoms with Crippen molar-refractivity contribution in [3.8, 4) is 0 Å². The molecule has 1 amide bonds. The van der Waals surface area contributed by atoms with Gasteiger partial charge in [0.15, 0.2) is 0 Å². The van der Waals surface area contributed by atoms with E-state index in [9.17, 15) is 9.90 Å². The second-order valence-corrected chi connectivity index (χ2v) is 6.50. The number of benzene rings is 1. The number of carbonyl (C=O) groups excluding carboxylic acids is 1. The number of aliphatic hydroxyl groups excluding tert-OH is 1. The van der Waals surface area contributed by atoms with Gasteiger partial charge >= 0.3 is 0 Å². The van der Waals surface area contributed by atoms with Gasteiger partial charge < -0.3 is 14.7 Å². The summed E-state index contributed by atoms with van der Waals surface area (Å²) in [4.78, 5) is 14.2. The van der Waals surface area contributed by atoms with E-state index in [0.717, 1.165) is 24.8 Å². The lowest BCUT2D eigenvalue weighted by atomic mass is 9.58. The summed E-state index contributed by atoms with van der Waals surface area (Å²) in [6.45, 7) is 4.06. The number of hydrogen-bond donors (Lipinski definition) is 1. The largest absolute Gasteiger partial charge is 0.392 e. The first-order chi connectivity index (χ1) is 11.2. The highest BCUT2D eigenvalue weighted by molar-refractivity contribution is 5.91. The van der Waals surface area contributed by atoms with E-state index in [2.05, 4.69) is 0 Å². The SMILES string of the molecule is CCOC1CC(O)C12CCN(C(=O)/C=C/c1ccccc1)CC2. The van der Waals surface area contributed by atoms with Gasteiger partial charge in [-0.1, -0.05) is 30.3 Å². The highest BCUT2D eigenvalue weighted by Crippen LogP contribution is 2.50. The topological polar surface area (TPSA) is 49.8 Å². The lowest BCUT2D eigenvalue weighted by molar-refractivity contribution is -0.209. The molecule has 0 radical (unpaired) electrons. The molecule has 1 saturated heterocycles.